The molecule has 0 spiro atoms. The average molecular weight is 150 g/mol. The lowest BCUT2D eigenvalue weighted by Gasteiger charge is -1.79. The number of nitrogens with zero attached hydrogens (tertiary/aromatic N) is 2. The molecule has 0 saturated heterocycles. The second-order valence-corrected chi connectivity index (χ2v) is 1.46. The SMILES string of the molecule is N#Cc1cccnc1.O=CO. The predicted octanol–water partition coefficient (Wildman–Crippen LogP) is 0.654. The van der Waals surface area contributed by atoms with Crippen molar-refractivity contribution in [2.24, 2.45) is 0 Å². The van der Waals surface area contributed by atoms with Crippen LogP contribution in [0.15, 0.2) is 24.5 Å². The molecule has 1 N–H and O–H groups in total. The number of hydrogen-bond donors (Lipinski definition) is 1. The zero-order valence-electron chi connectivity index (χ0n) is 5.64. The van der Waals surface area contributed by atoms with Crippen molar-refractivity contribution < 1.29 is 9.90 Å². The van der Waals surface area contributed by atoms with Gasteiger partial charge in [-0.3, -0.25) is 9.78 Å². The normalized spacial score (nSPS) is 6.82. The summed E-state index contributed by atoms with van der Waals surface area (Å²) in [5.41, 5.74) is 0.604. The molecule has 1 rings (SSSR count). The molecule has 11 heavy (non-hydrogen) atoms. The first-order chi connectivity index (χ1) is 5.35. The van der Waals surface area contributed by atoms with E-state index < -0.39 is 0 Å². The molecule has 1 aromatic rings. The van der Waals surface area contributed by atoms with Crippen molar-refractivity contribution in [3.63, 3.8) is 0 Å². The highest BCUT2D eigenvalue weighted by Gasteiger charge is 1.80. The first-order valence-electron chi connectivity index (χ1n) is 2.73. The third kappa shape index (κ3) is 4.60. The number of aromatic nitrogens is 1. The maximum atomic E-state index is 8.36. The van der Waals surface area contributed by atoms with Gasteiger partial charge in [0.2, 0.25) is 0 Å². The molecule has 0 radical (unpaired) electrons. The average Bonchev–Trinajstić information content (AvgIpc) is 2.08. The van der Waals surface area contributed by atoms with E-state index in [1.807, 2.05) is 6.07 Å². The molecule has 0 saturated carbocycles. The van der Waals surface area contributed by atoms with E-state index in [9.17, 15) is 0 Å². The van der Waals surface area contributed by atoms with Crippen molar-refractivity contribution in [2.75, 3.05) is 0 Å². The van der Waals surface area contributed by atoms with E-state index in [1.165, 1.54) is 6.20 Å². The Bertz CT molecular complexity index is 240. The Morgan fingerprint density at radius 2 is 2.36 bits per heavy atom. The highest BCUT2D eigenvalue weighted by molar-refractivity contribution is 5.32. The van der Waals surface area contributed by atoms with Crippen molar-refractivity contribution in [2.45, 2.75) is 0 Å². The smallest absolute Gasteiger partial charge is 0.290 e. The van der Waals surface area contributed by atoms with E-state index in [0.29, 0.717) is 5.56 Å². The van der Waals surface area contributed by atoms with Crippen LogP contribution in [0.2, 0.25) is 0 Å². The Morgan fingerprint density at radius 3 is 2.64 bits per heavy atom. The maximum Gasteiger partial charge on any atom is 0.290 e. The van der Waals surface area contributed by atoms with Gasteiger partial charge in [-0.25, -0.2) is 0 Å². The van der Waals surface area contributed by atoms with Gasteiger partial charge >= 0.3 is 0 Å². The van der Waals surface area contributed by atoms with E-state index in [1.54, 1.807) is 18.3 Å². The summed E-state index contributed by atoms with van der Waals surface area (Å²) in [4.78, 5) is 12.1. The molecule has 4 heteroatoms. The lowest BCUT2D eigenvalue weighted by atomic mass is 10.3. The molecule has 0 aliphatic heterocycles. The van der Waals surface area contributed by atoms with Gasteiger partial charge in [0.05, 0.1) is 5.56 Å². The number of nitriles is 1. The fourth-order valence-corrected chi connectivity index (χ4v) is 0.429. The van der Waals surface area contributed by atoms with Gasteiger partial charge in [0, 0.05) is 12.4 Å². The van der Waals surface area contributed by atoms with E-state index in [0.717, 1.165) is 0 Å². The Hall–Kier alpha value is -1.89. The van der Waals surface area contributed by atoms with Gasteiger partial charge < -0.3 is 5.11 Å². The minimum absolute atomic E-state index is 0.250. The molecule has 0 amide bonds. The summed E-state index contributed by atoms with van der Waals surface area (Å²) in [5, 5.41) is 15.1. The standard InChI is InChI=1S/C6H4N2.CH2O2/c7-4-6-2-1-3-8-5-6;2-1-3/h1-3,5H;1H,(H,2,3). The summed E-state index contributed by atoms with van der Waals surface area (Å²) < 4.78 is 0. The molecule has 56 valence electrons. The van der Waals surface area contributed by atoms with Crippen molar-refractivity contribution in [3.8, 4) is 6.07 Å². The van der Waals surface area contributed by atoms with Crippen molar-refractivity contribution in [1.29, 1.82) is 5.26 Å². The Balaban J connectivity index is 0.000000292. The van der Waals surface area contributed by atoms with Crippen LogP contribution in [0.4, 0.5) is 0 Å². The zero-order chi connectivity index (χ0) is 8.53. The first kappa shape index (κ1) is 9.11. The van der Waals surface area contributed by atoms with Gasteiger partial charge in [0.25, 0.3) is 6.47 Å². The van der Waals surface area contributed by atoms with Crippen LogP contribution in [-0.2, 0) is 4.79 Å². The molecule has 4 nitrogen and oxygen atoms in total. The molecule has 0 aliphatic rings. The van der Waals surface area contributed by atoms with Gasteiger partial charge in [0.15, 0.2) is 0 Å². The van der Waals surface area contributed by atoms with Crippen LogP contribution in [0.1, 0.15) is 5.56 Å². The third-order valence-corrected chi connectivity index (χ3v) is 0.791. The highest BCUT2D eigenvalue weighted by atomic mass is 16.3. The van der Waals surface area contributed by atoms with Gasteiger partial charge in [-0.2, -0.15) is 5.26 Å². The van der Waals surface area contributed by atoms with Crippen molar-refractivity contribution in [3.05, 3.63) is 30.1 Å². The molecule has 0 unspecified atom stereocenters. The van der Waals surface area contributed by atoms with E-state index in [-0.39, 0.29) is 6.47 Å². The predicted molar refractivity (Wildman–Crippen MR) is 37.6 cm³/mol. The molecule has 1 heterocycles. The van der Waals surface area contributed by atoms with Crippen molar-refractivity contribution in [1.82, 2.24) is 4.98 Å². The van der Waals surface area contributed by atoms with Crippen LogP contribution in [-0.4, -0.2) is 16.6 Å². The van der Waals surface area contributed by atoms with E-state index in [2.05, 4.69) is 4.98 Å². The van der Waals surface area contributed by atoms with Crippen LogP contribution < -0.4 is 0 Å². The molecule has 0 atom stereocenters. The fourth-order valence-electron chi connectivity index (χ4n) is 0.429. The molecular weight excluding hydrogens is 144 g/mol. The lowest BCUT2D eigenvalue weighted by Crippen LogP contribution is -1.72. The lowest BCUT2D eigenvalue weighted by molar-refractivity contribution is -0.122. The third-order valence-electron chi connectivity index (χ3n) is 0.791. The van der Waals surface area contributed by atoms with E-state index >= 15 is 0 Å². The monoisotopic (exact) mass is 150 g/mol. The molecule has 0 aromatic carbocycles. The summed E-state index contributed by atoms with van der Waals surface area (Å²) in [6, 6.07) is 5.41. The van der Waals surface area contributed by atoms with Gasteiger partial charge in [-0.1, -0.05) is 0 Å². The zero-order valence-corrected chi connectivity index (χ0v) is 5.64. The van der Waals surface area contributed by atoms with Crippen LogP contribution in [0, 0.1) is 11.3 Å². The number of rotatable bonds is 0. The van der Waals surface area contributed by atoms with Crippen LogP contribution in [0.25, 0.3) is 0 Å². The summed E-state index contributed by atoms with van der Waals surface area (Å²) in [6.07, 6.45) is 3.17. The van der Waals surface area contributed by atoms with Crippen LogP contribution >= 0.6 is 0 Å². The first-order valence-corrected chi connectivity index (χ1v) is 2.73. The van der Waals surface area contributed by atoms with E-state index in [4.69, 9.17) is 15.2 Å². The van der Waals surface area contributed by atoms with Crippen LogP contribution in [0.5, 0.6) is 0 Å². The second-order valence-electron chi connectivity index (χ2n) is 1.46. The Labute approximate surface area is 63.7 Å². The quantitative estimate of drug-likeness (QED) is 0.551. The highest BCUT2D eigenvalue weighted by Crippen LogP contribution is 1.89. The summed E-state index contributed by atoms with van der Waals surface area (Å²) in [6.45, 7) is -0.250. The molecule has 0 fully saturated rings. The number of carboxylic acid groups (broad SMARTS) is 1. The summed E-state index contributed by atoms with van der Waals surface area (Å²) >= 11 is 0. The minimum Gasteiger partial charge on any atom is -0.483 e. The fraction of sp³-hybridized carbons (Fsp3) is 0. The summed E-state index contributed by atoms with van der Waals surface area (Å²) in [5.74, 6) is 0. The van der Waals surface area contributed by atoms with Crippen LogP contribution in [0.3, 0.4) is 0 Å². The number of hydrogen-bond acceptors (Lipinski definition) is 3. The summed E-state index contributed by atoms with van der Waals surface area (Å²) in [7, 11) is 0. The largest absolute Gasteiger partial charge is 0.483 e. The van der Waals surface area contributed by atoms with Gasteiger partial charge in [0.1, 0.15) is 6.07 Å². The molecule has 1 aromatic heterocycles. The maximum absolute atomic E-state index is 8.36. The minimum atomic E-state index is -0.250. The number of pyridine rings is 1. The molecular formula is C7H6N2O2. The Morgan fingerprint density at radius 1 is 1.73 bits per heavy atom. The topological polar surface area (TPSA) is 74.0 Å². The van der Waals surface area contributed by atoms with Crippen molar-refractivity contribution >= 4 is 6.47 Å². The van der Waals surface area contributed by atoms with Gasteiger partial charge in [-0.05, 0) is 12.1 Å². The van der Waals surface area contributed by atoms with Gasteiger partial charge in [-0.15, -0.1) is 0 Å². The Kier molecular flexibility index (Phi) is 5.16. The molecule has 0 aliphatic carbocycles. The number of carbonyl (C=O) groups is 1. The molecule has 0 bridgehead atoms. The second kappa shape index (κ2) is 6.23.